The van der Waals surface area contributed by atoms with Crippen molar-refractivity contribution < 1.29 is 18.7 Å². The van der Waals surface area contributed by atoms with Crippen LogP contribution in [-0.4, -0.2) is 48.3 Å². The summed E-state index contributed by atoms with van der Waals surface area (Å²) in [5.41, 5.74) is 11.9. The van der Waals surface area contributed by atoms with Crippen molar-refractivity contribution in [2.75, 3.05) is 31.0 Å². The molecule has 6 N–H and O–H groups in total. The van der Waals surface area contributed by atoms with E-state index in [1.807, 2.05) is 20.8 Å². The van der Waals surface area contributed by atoms with Crippen LogP contribution >= 0.6 is 0 Å². The van der Waals surface area contributed by atoms with E-state index in [9.17, 15) is 9.18 Å². The van der Waals surface area contributed by atoms with Gasteiger partial charge in [-0.1, -0.05) is 13.8 Å². The van der Waals surface area contributed by atoms with Crippen molar-refractivity contribution in [3.63, 3.8) is 0 Å². The Morgan fingerprint density at radius 2 is 1.97 bits per heavy atom. The molecule has 10 heteroatoms. The lowest BCUT2D eigenvalue weighted by Gasteiger charge is -2.27. The average molecular weight is 420 g/mol. The Morgan fingerprint density at radius 1 is 1.23 bits per heavy atom. The number of nitrogens with two attached hydrogens (primary N) is 2. The highest BCUT2D eigenvalue weighted by molar-refractivity contribution is 5.98. The van der Waals surface area contributed by atoms with Crippen molar-refractivity contribution in [2.45, 2.75) is 32.9 Å². The molecule has 0 fully saturated rings. The Labute approximate surface area is 175 Å². The highest BCUT2D eigenvalue weighted by Gasteiger charge is 2.22. The average Bonchev–Trinajstić information content (AvgIpc) is 2.67. The van der Waals surface area contributed by atoms with Gasteiger partial charge in [0.25, 0.3) is 5.91 Å². The molecule has 0 aliphatic rings. The maximum atomic E-state index is 14.6. The molecule has 0 bridgehead atoms. The van der Waals surface area contributed by atoms with Crippen molar-refractivity contribution in [1.82, 2.24) is 9.97 Å². The van der Waals surface area contributed by atoms with Crippen LogP contribution < -0.4 is 26.8 Å². The van der Waals surface area contributed by atoms with Gasteiger partial charge in [0.15, 0.2) is 11.6 Å². The van der Waals surface area contributed by atoms with Gasteiger partial charge >= 0.3 is 0 Å². The minimum Gasteiger partial charge on any atom is -0.475 e. The molecule has 0 aromatic carbocycles. The zero-order valence-corrected chi connectivity index (χ0v) is 17.6. The lowest BCUT2D eigenvalue weighted by molar-refractivity contribution is 0.100. The number of hydrogen-bond acceptors (Lipinski definition) is 8. The molecule has 2 aromatic heterocycles. The van der Waals surface area contributed by atoms with Crippen LogP contribution in [0.4, 0.5) is 21.7 Å². The van der Waals surface area contributed by atoms with Gasteiger partial charge < -0.3 is 31.6 Å². The predicted octanol–water partition coefficient (Wildman–Crippen LogP) is 2.27. The van der Waals surface area contributed by atoms with Gasteiger partial charge in [-0.2, -0.15) is 0 Å². The molecule has 0 saturated carbocycles. The summed E-state index contributed by atoms with van der Waals surface area (Å²) in [5.74, 6) is -0.940. The Kier molecular flexibility index (Phi) is 8.31. The van der Waals surface area contributed by atoms with Gasteiger partial charge in [0.05, 0.1) is 12.2 Å². The fourth-order valence-corrected chi connectivity index (χ4v) is 2.87. The molecular formula is C20H29FN6O3. The lowest BCUT2D eigenvalue weighted by Crippen LogP contribution is -2.42. The first-order valence-electron chi connectivity index (χ1n) is 9.60. The minimum absolute atomic E-state index is 0.0240. The van der Waals surface area contributed by atoms with Crippen LogP contribution in [0, 0.1) is 11.7 Å². The smallest absolute Gasteiger partial charge is 0.252 e. The fraction of sp³-hybridized carbons (Fsp3) is 0.450. The first kappa shape index (κ1) is 23.3. The maximum absolute atomic E-state index is 14.6. The van der Waals surface area contributed by atoms with Crippen LogP contribution in [0.5, 0.6) is 5.88 Å². The zero-order valence-electron chi connectivity index (χ0n) is 17.6. The van der Waals surface area contributed by atoms with E-state index < -0.39 is 11.7 Å². The van der Waals surface area contributed by atoms with Crippen molar-refractivity contribution in [1.29, 1.82) is 0 Å². The molecule has 1 amide bonds. The minimum atomic E-state index is -0.811. The number of methoxy groups -OCH3 is 1. The third-order valence-corrected chi connectivity index (χ3v) is 4.36. The molecular weight excluding hydrogens is 391 g/mol. The Bertz CT molecular complexity index is 854. The SMILES string of the molecule is COCCOc1cc(Nc2nc(N[C@H](C(C)C)[C@H](C)N)c(F)cc2C(N)=O)ccn1. The zero-order chi connectivity index (χ0) is 22.3. The first-order valence-corrected chi connectivity index (χ1v) is 9.60. The van der Waals surface area contributed by atoms with Gasteiger partial charge in [-0.15, -0.1) is 0 Å². The molecule has 2 rings (SSSR count). The van der Waals surface area contributed by atoms with E-state index in [2.05, 4.69) is 20.6 Å². The molecule has 0 aliphatic heterocycles. The summed E-state index contributed by atoms with van der Waals surface area (Å²) in [5, 5.41) is 6.01. The van der Waals surface area contributed by atoms with E-state index in [-0.39, 0.29) is 35.2 Å². The molecule has 0 spiro atoms. The molecule has 0 unspecified atom stereocenters. The number of hydrogen-bond donors (Lipinski definition) is 4. The van der Waals surface area contributed by atoms with Gasteiger partial charge in [-0.3, -0.25) is 4.79 Å². The van der Waals surface area contributed by atoms with Crippen LogP contribution in [0.15, 0.2) is 24.4 Å². The largest absolute Gasteiger partial charge is 0.475 e. The number of anilines is 3. The van der Waals surface area contributed by atoms with Crippen LogP contribution in [0.3, 0.4) is 0 Å². The third kappa shape index (κ3) is 6.26. The van der Waals surface area contributed by atoms with Gasteiger partial charge in [0, 0.05) is 37.1 Å². The number of carbonyl (C=O) groups excluding carboxylic acids is 1. The number of primary amides is 1. The second-order valence-electron chi connectivity index (χ2n) is 7.20. The summed E-state index contributed by atoms with van der Waals surface area (Å²) >= 11 is 0. The Balaban J connectivity index is 2.34. The van der Waals surface area contributed by atoms with Crippen molar-refractivity contribution in [3.05, 3.63) is 35.8 Å². The predicted molar refractivity (Wildman–Crippen MR) is 114 cm³/mol. The maximum Gasteiger partial charge on any atom is 0.252 e. The van der Waals surface area contributed by atoms with Gasteiger partial charge in [0.2, 0.25) is 5.88 Å². The fourth-order valence-electron chi connectivity index (χ4n) is 2.87. The second-order valence-corrected chi connectivity index (χ2v) is 7.20. The molecule has 0 saturated heterocycles. The van der Waals surface area contributed by atoms with Crippen LogP contribution in [0.2, 0.25) is 0 Å². The van der Waals surface area contributed by atoms with Crippen LogP contribution in [-0.2, 0) is 4.74 Å². The summed E-state index contributed by atoms with van der Waals surface area (Å²) < 4.78 is 25.0. The monoisotopic (exact) mass is 420 g/mol. The molecule has 0 radical (unpaired) electrons. The Morgan fingerprint density at radius 3 is 2.57 bits per heavy atom. The van der Waals surface area contributed by atoms with E-state index in [0.29, 0.717) is 24.8 Å². The number of nitrogens with one attached hydrogen (secondary N) is 2. The molecule has 2 aromatic rings. The summed E-state index contributed by atoms with van der Waals surface area (Å²) in [7, 11) is 1.57. The highest BCUT2D eigenvalue weighted by Crippen LogP contribution is 2.26. The van der Waals surface area contributed by atoms with Crippen molar-refractivity contribution in [3.8, 4) is 5.88 Å². The number of aromatic nitrogens is 2. The van der Waals surface area contributed by atoms with E-state index in [1.165, 1.54) is 6.20 Å². The van der Waals surface area contributed by atoms with Gasteiger partial charge in [0.1, 0.15) is 12.4 Å². The van der Waals surface area contributed by atoms with Crippen LogP contribution in [0.1, 0.15) is 31.1 Å². The second kappa shape index (κ2) is 10.7. The van der Waals surface area contributed by atoms with E-state index in [0.717, 1.165) is 6.07 Å². The van der Waals surface area contributed by atoms with E-state index >= 15 is 0 Å². The summed E-state index contributed by atoms with van der Waals surface area (Å²) in [6, 6.07) is 3.87. The van der Waals surface area contributed by atoms with Crippen LogP contribution in [0.25, 0.3) is 0 Å². The number of nitrogens with zero attached hydrogens (tertiary/aromatic N) is 2. The molecule has 30 heavy (non-hydrogen) atoms. The highest BCUT2D eigenvalue weighted by atomic mass is 19.1. The summed E-state index contributed by atoms with van der Waals surface area (Å²) in [6.07, 6.45) is 1.53. The number of pyridine rings is 2. The molecule has 2 atom stereocenters. The third-order valence-electron chi connectivity index (χ3n) is 4.36. The quantitative estimate of drug-likeness (QED) is 0.406. The Hall–Kier alpha value is -2.98. The van der Waals surface area contributed by atoms with Crippen molar-refractivity contribution in [2.24, 2.45) is 17.4 Å². The topological polar surface area (TPSA) is 137 Å². The summed E-state index contributed by atoms with van der Waals surface area (Å²) in [4.78, 5) is 20.2. The van der Waals surface area contributed by atoms with Gasteiger partial charge in [-0.05, 0) is 25.0 Å². The first-order chi connectivity index (χ1) is 14.2. The van der Waals surface area contributed by atoms with Gasteiger partial charge in [-0.25, -0.2) is 14.4 Å². The normalized spacial score (nSPS) is 13.0. The number of amides is 1. The lowest BCUT2D eigenvalue weighted by atomic mass is 9.98. The van der Waals surface area contributed by atoms with E-state index in [1.54, 1.807) is 19.2 Å². The standard InChI is InChI=1S/C20H29FN6O3/c1-11(2)17(12(3)22)26-20-15(21)10-14(18(23)28)19(27-20)25-13-5-6-24-16(9-13)30-8-7-29-4/h5-6,9-12,17H,7-8,22H2,1-4H3,(H2,23,28)(H2,24,25,26,27)/t12-,17+/m0/s1. The van der Waals surface area contributed by atoms with Crippen molar-refractivity contribution >= 4 is 23.2 Å². The summed E-state index contributed by atoms with van der Waals surface area (Å²) in [6.45, 7) is 6.51. The van der Waals surface area contributed by atoms with E-state index in [4.69, 9.17) is 20.9 Å². The molecule has 2 heterocycles. The molecule has 0 aliphatic carbocycles. The number of rotatable bonds is 11. The number of halogens is 1. The molecule has 9 nitrogen and oxygen atoms in total. The number of ether oxygens (including phenoxy) is 2. The number of carbonyl (C=O) groups is 1. The molecule has 164 valence electrons.